The van der Waals surface area contributed by atoms with E-state index in [2.05, 4.69) is 52.1 Å². The summed E-state index contributed by atoms with van der Waals surface area (Å²) in [5.74, 6) is 0.210. The Labute approximate surface area is 184 Å². The lowest BCUT2D eigenvalue weighted by Crippen LogP contribution is -2.24. The minimum atomic E-state index is -0.203. The molecule has 2 unspecified atom stereocenters. The number of nitrogens with one attached hydrogen (secondary N) is 1. The van der Waals surface area contributed by atoms with Gasteiger partial charge in [-0.05, 0) is 59.9 Å². The van der Waals surface area contributed by atoms with Crippen LogP contribution in [0.3, 0.4) is 0 Å². The summed E-state index contributed by atoms with van der Waals surface area (Å²) in [6, 6.07) is 9.45. The average Bonchev–Trinajstić information content (AvgIpc) is 2.65. The number of hydrogen-bond acceptors (Lipinski definition) is 2. The third-order valence-corrected chi connectivity index (χ3v) is 7.71. The van der Waals surface area contributed by atoms with E-state index in [1.807, 2.05) is 20.0 Å². The molecule has 166 valence electrons. The van der Waals surface area contributed by atoms with Crippen molar-refractivity contribution in [3.63, 3.8) is 0 Å². The van der Waals surface area contributed by atoms with E-state index in [0.29, 0.717) is 20.9 Å². The van der Waals surface area contributed by atoms with Gasteiger partial charge in [0.05, 0.1) is 0 Å². The number of phenolic OH excluding ortho intramolecular Hbond substituents is 1. The van der Waals surface area contributed by atoms with Crippen LogP contribution in [0.2, 0.25) is 0 Å². The number of benzene rings is 2. The van der Waals surface area contributed by atoms with Gasteiger partial charge in [-0.1, -0.05) is 80.7 Å². The molecule has 0 aromatic heterocycles. The molecular formula is C26H39FNOP. The highest BCUT2D eigenvalue weighted by Crippen LogP contribution is 2.50. The largest absolute Gasteiger partial charge is 0.507 e. The molecule has 2 atom stereocenters. The lowest BCUT2D eigenvalue weighted by molar-refractivity contribution is 0.444. The Kier molecular flexibility index (Phi) is 8.48. The van der Waals surface area contributed by atoms with Crippen LogP contribution in [0.4, 0.5) is 4.39 Å². The highest BCUT2D eigenvalue weighted by molar-refractivity contribution is 7.48. The highest BCUT2D eigenvalue weighted by atomic mass is 31.1. The number of hydrogen-bond donors (Lipinski definition) is 2. The van der Waals surface area contributed by atoms with E-state index in [4.69, 9.17) is 0 Å². The van der Waals surface area contributed by atoms with Crippen LogP contribution in [-0.4, -0.2) is 12.2 Å². The third kappa shape index (κ3) is 6.05. The van der Waals surface area contributed by atoms with Crippen molar-refractivity contribution >= 4 is 13.9 Å². The molecule has 0 radical (unpaired) electrons. The molecule has 4 heteroatoms. The molecule has 0 heterocycles. The van der Waals surface area contributed by atoms with Gasteiger partial charge in [0.2, 0.25) is 0 Å². The summed E-state index contributed by atoms with van der Waals surface area (Å²) in [5.41, 5.74) is 4.21. The Bertz CT molecular complexity index is 859. The summed E-state index contributed by atoms with van der Waals surface area (Å²) in [4.78, 5) is 0. The fourth-order valence-electron chi connectivity index (χ4n) is 3.94. The summed E-state index contributed by atoms with van der Waals surface area (Å²) in [5, 5.41) is 15.2. The van der Waals surface area contributed by atoms with Crippen molar-refractivity contribution in [1.29, 1.82) is 0 Å². The quantitative estimate of drug-likeness (QED) is 0.344. The maximum Gasteiger partial charge on any atom is 0.123 e. The monoisotopic (exact) mass is 431 g/mol. The number of aromatic hydroxyl groups is 1. The Morgan fingerprint density at radius 1 is 1.07 bits per heavy atom. The molecule has 2 aromatic carbocycles. The third-order valence-electron chi connectivity index (χ3n) is 5.89. The number of aryl methyl sites for hydroxylation is 1. The summed E-state index contributed by atoms with van der Waals surface area (Å²) >= 11 is 0. The van der Waals surface area contributed by atoms with Gasteiger partial charge >= 0.3 is 0 Å². The Morgan fingerprint density at radius 2 is 1.77 bits per heavy atom. The smallest absolute Gasteiger partial charge is 0.123 e. The first kappa shape index (κ1) is 24.8. The predicted octanol–water partition coefficient (Wildman–Crippen LogP) is 6.66. The molecule has 0 aliphatic heterocycles. The van der Waals surface area contributed by atoms with Crippen molar-refractivity contribution in [2.24, 2.45) is 0 Å². The topological polar surface area (TPSA) is 32.3 Å². The van der Waals surface area contributed by atoms with Gasteiger partial charge < -0.3 is 10.4 Å². The van der Waals surface area contributed by atoms with Gasteiger partial charge in [-0.3, -0.25) is 0 Å². The molecule has 0 saturated carbocycles. The van der Waals surface area contributed by atoms with Crippen molar-refractivity contribution in [2.45, 2.75) is 84.3 Å². The molecule has 0 bridgehead atoms. The van der Waals surface area contributed by atoms with E-state index in [-0.39, 0.29) is 16.4 Å². The predicted molar refractivity (Wildman–Crippen MR) is 130 cm³/mol. The van der Waals surface area contributed by atoms with Crippen LogP contribution in [0.1, 0.15) is 82.6 Å². The van der Waals surface area contributed by atoms with Gasteiger partial charge in [-0.15, -0.1) is 0 Å². The SMILES string of the molecule is CCCCCC(C)(Pc1ccc(F)cc1CNC)c1cc(C(C)(C)C)cc(C)c1O. The molecule has 0 amide bonds. The number of phenols is 1. The molecule has 2 N–H and O–H groups in total. The van der Waals surface area contributed by atoms with E-state index in [9.17, 15) is 9.50 Å². The van der Waals surface area contributed by atoms with Gasteiger partial charge in [0, 0.05) is 17.3 Å². The fourth-order valence-corrected chi connectivity index (χ4v) is 5.65. The first-order valence-electron chi connectivity index (χ1n) is 11.1. The van der Waals surface area contributed by atoms with Crippen molar-refractivity contribution in [3.8, 4) is 5.75 Å². The highest BCUT2D eigenvalue weighted by Gasteiger charge is 2.32. The Morgan fingerprint density at radius 3 is 2.37 bits per heavy atom. The van der Waals surface area contributed by atoms with Crippen LogP contribution in [0, 0.1) is 12.7 Å². The second-order valence-corrected chi connectivity index (χ2v) is 11.6. The minimum absolute atomic E-state index is 0.00775. The minimum Gasteiger partial charge on any atom is -0.507 e. The molecule has 2 nitrogen and oxygen atoms in total. The molecule has 0 fully saturated rings. The Balaban J connectivity index is 2.59. The van der Waals surface area contributed by atoms with Gasteiger partial charge in [0.15, 0.2) is 0 Å². The summed E-state index contributed by atoms with van der Waals surface area (Å²) in [6.45, 7) is 13.8. The van der Waals surface area contributed by atoms with Crippen LogP contribution >= 0.6 is 8.58 Å². The maximum absolute atomic E-state index is 13.9. The second-order valence-electron chi connectivity index (χ2n) is 9.69. The number of halogens is 1. The first-order valence-corrected chi connectivity index (χ1v) is 12.1. The zero-order valence-corrected chi connectivity index (χ0v) is 20.7. The van der Waals surface area contributed by atoms with Gasteiger partial charge in [-0.2, -0.15) is 0 Å². The van der Waals surface area contributed by atoms with Gasteiger partial charge in [-0.25, -0.2) is 4.39 Å². The van der Waals surface area contributed by atoms with E-state index in [1.165, 1.54) is 17.3 Å². The van der Waals surface area contributed by atoms with Crippen LogP contribution in [0.5, 0.6) is 5.75 Å². The molecule has 2 aromatic rings. The van der Waals surface area contributed by atoms with Crippen molar-refractivity contribution < 1.29 is 9.50 Å². The van der Waals surface area contributed by atoms with E-state index < -0.39 is 0 Å². The maximum atomic E-state index is 13.9. The first-order chi connectivity index (χ1) is 14.0. The van der Waals surface area contributed by atoms with Gasteiger partial charge in [0.1, 0.15) is 11.6 Å². The number of unbranched alkanes of at least 4 members (excludes halogenated alkanes) is 2. The van der Waals surface area contributed by atoms with Crippen molar-refractivity contribution in [3.05, 3.63) is 58.4 Å². The zero-order chi connectivity index (χ0) is 22.5. The van der Waals surface area contributed by atoms with E-state index >= 15 is 0 Å². The lowest BCUT2D eigenvalue weighted by Gasteiger charge is -2.34. The van der Waals surface area contributed by atoms with Crippen LogP contribution in [0.15, 0.2) is 30.3 Å². The van der Waals surface area contributed by atoms with Crippen LogP contribution in [-0.2, 0) is 17.1 Å². The van der Waals surface area contributed by atoms with Crippen LogP contribution in [0.25, 0.3) is 0 Å². The standard InChI is InChI=1S/C26H39FNOP/c1-8-9-10-13-26(6,30-23-12-11-21(27)15-19(23)17-28-7)22-16-20(25(3,4)5)14-18(2)24(22)29/h11-12,14-16,28-30H,8-10,13,17H2,1-7H3. The average molecular weight is 432 g/mol. The molecule has 2 rings (SSSR count). The van der Waals surface area contributed by atoms with Crippen molar-refractivity contribution in [1.82, 2.24) is 5.32 Å². The molecule has 0 aliphatic carbocycles. The summed E-state index contributed by atoms with van der Waals surface area (Å²) in [6.07, 6.45) is 4.44. The Hall–Kier alpha value is -1.44. The fraction of sp³-hybridized carbons (Fsp3) is 0.538. The van der Waals surface area contributed by atoms with Crippen molar-refractivity contribution in [2.75, 3.05) is 7.05 Å². The van der Waals surface area contributed by atoms with Crippen LogP contribution < -0.4 is 10.6 Å². The zero-order valence-electron chi connectivity index (χ0n) is 19.7. The molecule has 0 aliphatic rings. The lowest BCUT2D eigenvalue weighted by atomic mass is 9.82. The molecule has 30 heavy (non-hydrogen) atoms. The normalized spacial score (nSPS) is 14.4. The summed E-state index contributed by atoms with van der Waals surface area (Å²) < 4.78 is 13.9. The van der Waals surface area contributed by atoms with E-state index in [0.717, 1.165) is 36.0 Å². The number of rotatable bonds is 9. The molecule has 0 spiro atoms. The van der Waals surface area contributed by atoms with E-state index in [1.54, 1.807) is 12.1 Å². The molecular weight excluding hydrogens is 392 g/mol. The second kappa shape index (κ2) is 10.2. The van der Waals surface area contributed by atoms with Gasteiger partial charge in [0.25, 0.3) is 0 Å². The molecule has 0 saturated heterocycles. The summed E-state index contributed by atoms with van der Waals surface area (Å²) in [7, 11) is 2.34.